The van der Waals surface area contributed by atoms with Crippen molar-refractivity contribution in [2.24, 2.45) is 5.92 Å². The van der Waals surface area contributed by atoms with Crippen LogP contribution in [-0.4, -0.2) is 18.5 Å². The molecule has 0 aromatic rings. The van der Waals surface area contributed by atoms with E-state index in [9.17, 15) is 4.79 Å². The standard InChI is InChI=1S/C8H15ClO3/c1-3-8(10)12-11-6-7(2)4-5-9/h7H,3-6H2,1-2H3. The minimum Gasteiger partial charge on any atom is -0.298 e. The van der Waals surface area contributed by atoms with E-state index < -0.39 is 0 Å². The fourth-order valence-corrected chi connectivity index (χ4v) is 0.917. The van der Waals surface area contributed by atoms with Crippen molar-refractivity contribution >= 4 is 17.6 Å². The van der Waals surface area contributed by atoms with Crippen LogP contribution in [0.25, 0.3) is 0 Å². The molecule has 0 saturated carbocycles. The van der Waals surface area contributed by atoms with Crippen molar-refractivity contribution in [1.29, 1.82) is 0 Å². The van der Waals surface area contributed by atoms with Gasteiger partial charge in [-0.15, -0.1) is 11.6 Å². The van der Waals surface area contributed by atoms with E-state index in [-0.39, 0.29) is 5.97 Å². The van der Waals surface area contributed by atoms with Gasteiger partial charge >= 0.3 is 5.97 Å². The van der Waals surface area contributed by atoms with Gasteiger partial charge in [0, 0.05) is 12.3 Å². The number of rotatable bonds is 6. The Morgan fingerprint density at radius 1 is 1.58 bits per heavy atom. The van der Waals surface area contributed by atoms with Crippen molar-refractivity contribution in [2.75, 3.05) is 12.5 Å². The zero-order valence-electron chi connectivity index (χ0n) is 7.51. The van der Waals surface area contributed by atoms with E-state index in [1.54, 1.807) is 6.92 Å². The Kier molecular flexibility index (Phi) is 7.20. The van der Waals surface area contributed by atoms with Gasteiger partial charge in [-0.25, -0.2) is 4.79 Å². The number of carbonyl (C=O) groups excluding carboxylic acids is 1. The Morgan fingerprint density at radius 3 is 2.75 bits per heavy atom. The van der Waals surface area contributed by atoms with Crippen molar-refractivity contribution in [1.82, 2.24) is 0 Å². The molecular weight excluding hydrogens is 180 g/mol. The third-order valence-electron chi connectivity index (χ3n) is 1.40. The lowest BCUT2D eigenvalue weighted by Crippen LogP contribution is -2.10. The topological polar surface area (TPSA) is 35.5 Å². The van der Waals surface area contributed by atoms with Crippen LogP contribution in [0.5, 0.6) is 0 Å². The van der Waals surface area contributed by atoms with E-state index in [2.05, 4.69) is 4.89 Å². The molecule has 12 heavy (non-hydrogen) atoms. The Morgan fingerprint density at radius 2 is 2.25 bits per heavy atom. The minimum absolute atomic E-state index is 0.326. The van der Waals surface area contributed by atoms with Gasteiger partial charge in [0.2, 0.25) is 0 Å². The summed E-state index contributed by atoms with van der Waals surface area (Å²) >= 11 is 5.50. The molecule has 72 valence electrons. The molecule has 0 aromatic heterocycles. The number of halogens is 1. The van der Waals surface area contributed by atoms with Crippen LogP contribution < -0.4 is 0 Å². The van der Waals surface area contributed by atoms with Gasteiger partial charge in [-0.1, -0.05) is 13.8 Å². The molecule has 0 aromatic carbocycles. The highest BCUT2D eigenvalue weighted by atomic mass is 35.5. The zero-order valence-corrected chi connectivity index (χ0v) is 8.26. The highest BCUT2D eigenvalue weighted by Crippen LogP contribution is 2.03. The van der Waals surface area contributed by atoms with Crippen molar-refractivity contribution < 1.29 is 14.6 Å². The van der Waals surface area contributed by atoms with E-state index in [4.69, 9.17) is 16.5 Å². The van der Waals surface area contributed by atoms with Crippen LogP contribution in [-0.2, 0) is 14.6 Å². The molecule has 0 radical (unpaired) electrons. The van der Waals surface area contributed by atoms with Crippen LogP contribution in [0.15, 0.2) is 0 Å². The molecule has 0 N–H and O–H groups in total. The van der Waals surface area contributed by atoms with Gasteiger partial charge in [-0.05, 0) is 12.3 Å². The smallest absolute Gasteiger partial charge is 0.298 e. The molecule has 0 aliphatic heterocycles. The summed E-state index contributed by atoms with van der Waals surface area (Å²) < 4.78 is 0. The Hall–Kier alpha value is -0.280. The lowest BCUT2D eigenvalue weighted by molar-refractivity contribution is -0.277. The van der Waals surface area contributed by atoms with Crippen LogP contribution in [0, 0.1) is 5.92 Å². The summed E-state index contributed by atoms with van der Waals surface area (Å²) in [5.41, 5.74) is 0. The predicted molar refractivity (Wildman–Crippen MR) is 46.8 cm³/mol. The first-order valence-electron chi connectivity index (χ1n) is 4.09. The second kappa shape index (κ2) is 7.37. The highest BCUT2D eigenvalue weighted by Gasteiger charge is 2.04. The fraction of sp³-hybridized carbons (Fsp3) is 0.875. The molecule has 0 aliphatic rings. The van der Waals surface area contributed by atoms with E-state index in [1.165, 1.54) is 0 Å². The molecule has 0 heterocycles. The summed E-state index contributed by atoms with van der Waals surface area (Å²) in [4.78, 5) is 19.7. The normalized spacial score (nSPS) is 12.6. The molecule has 0 saturated heterocycles. The number of hydrogen-bond acceptors (Lipinski definition) is 3. The first-order chi connectivity index (χ1) is 5.70. The van der Waals surface area contributed by atoms with Crippen LogP contribution in [0.4, 0.5) is 0 Å². The molecule has 4 heteroatoms. The summed E-state index contributed by atoms with van der Waals surface area (Å²) in [6.45, 7) is 4.12. The van der Waals surface area contributed by atoms with Gasteiger partial charge in [-0.3, -0.25) is 4.89 Å². The fourth-order valence-electron chi connectivity index (χ4n) is 0.544. The molecule has 0 amide bonds. The van der Waals surface area contributed by atoms with Gasteiger partial charge in [0.25, 0.3) is 0 Å². The molecule has 3 nitrogen and oxygen atoms in total. The van der Waals surface area contributed by atoms with Crippen molar-refractivity contribution in [3.63, 3.8) is 0 Å². The third kappa shape index (κ3) is 6.43. The summed E-state index contributed by atoms with van der Waals surface area (Å²) in [7, 11) is 0. The number of carbonyl (C=O) groups is 1. The molecule has 0 rings (SSSR count). The predicted octanol–water partition coefficient (Wildman–Crippen LogP) is 2.14. The third-order valence-corrected chi connectivity index (χ3v) is 1.61. The van der Waals surface area contributed by atoms with Gasteiger partial charge < -0.3 is 0 Å². The van der Waals surface area contributed by atoms with Gasteiger partial charge in [0.05, 0.1) is 6.61 Å². The van der Waals surface area contributed by atoms with E-state index in [0.29, 0.717) is 24.8 Å². The van der Waals surface area contributed by atoms with Gasteiger partial charge in [0.1, 0.15) is 0 Å². The second-order valence-electron chi connectivity index (χ2n) is 2.68. The molecule has 1 atom stereocenters. The van der Waals surface area contributed by atoms with Crippen LogP contribution in [0.2, 0.25) is 0 Å². The van der Waals surface area contributed by atoms with Crippen LogP contribution in [0.3, 0.4) is 0 Å². The average molecular weight is 195 g/mol. The molecule has 0 fully saturated rings. The summed E-state index contributed by atoms with van der Waals surface area (Å²) in [5.74, 6) is 0.590. The minimum atomic E-state index is -0.340. The maximum atomic E-state index is 10.6. The summed E-state index contributed by atoms with van der Waals surface area (Å²) in [6.07, 6.45) is 1.20. The maximum absolute atomic E-state index is 10.6. The van der Waals surface area contributed by atoms with Crippen molar-refractivity contribution in [3.8, 4) is 0 Å². The Bertz CT molecular complexity index is 127. The second-order valence-corrected chi connectivity index (χ2v) is 3.05. The lowest BCUT2D eigenvalue weighted by Gasteiger charge is -2.07. The Labute approximate surface area is 77.9 Å². The van der Waals surface area contributed by atoms with Gasteiger partial charge in [-0.2, -0.15) is 4.89 Å². The Balaban J connectivity index is 3.24. The first-order valence-corrected chi connectivity index (χ1v) is 4.62. The molecule has 0 aliphatic carbocycles. The van der Waals surface area contributed by atoms with E-state index in [1.807, 2.05) is 6.92 Å². The average Bonchev–Trinajstić information content (AvgIpc) is 2.04. The molecule has 0 spiro atoms. The quantitative estimate of drug-likeness (QED) is 0.369. The largest absolute Gasteiger partial charge is 0.342 e. The van der Waals surface area contributed by atoms with Gasteiger partial charge in [0.15, 0.2) is 0 Å². The SMILES string of the molecule is CCC(=O)OOCC(C)CCCl. The van der Waals surface area contributed by atoms with Crippen molar-refractivity contribution in [2.45, 2.75) is 26.7 Å². The molecule has 0 bridgehead atoms. The summed E-state index contributed by atoms with van der Waals surface area (Å²) in [6, 6.07) is 0. The first kappa shape index (κ1) is 11.7. The highest BCUT2D eigenvalue weighted by molar-refractivity contribution is 6.17. The lowest BCUT2D eigenvalue weighted by atomic mass is 10.1. The maximum Gasteiger partial charge on any atom is 0.342 e. The number of hydrogen-bond donors (Lipinski definition) is 0. The number of alkyl halides is 1. The van der Waals surface area contributed by atoms with E-state index >= 15 is 0 Å². The monoisotopic (exact) mass is 194 g/mol. The van der Waals surface area contributed by atoms with Crippen LogP contribution >= 0.6 is 11.6 Å². The van der Waals surface area contributed by atoms with E-state index in [0.717, 1.165) is 6.42 Å². The van der Waals surface area contributed by atoms with Crippen LogP contribution in [0.1, 0.15) is 26.7 Å². The zero-order chi connectivity index (χ0) is 9.40. The molecule has 1 unspecified atom stereocenters. The van der Waals surface area contributed by atoms with Crippen molar-refractivity contribution in [3.05, 3.63) is 0 Å². The molecular formula is C8H15ClO3. The summed E-state index contributed by atoms with van der Waals surface area (Å²) in [5, 5.41) is 0.